The zero-order chi connectivity index (χ0) is 24.6. The van der Waals surface area contributed by atoms with Gasteiger partial charge in [-0.15, -0.1) is 0 Å². The molecule has 186 valence electrons. The van der Waals surface area contributed by atoms with Crippen molar-refractivity contribution in [1.82, 2.24) is 15.1 Å². The van der Waals surface area contributed by atoms with Crippen molar-refractivity contribution >= 4 is 29.1 Å². The van der Waals surface area contributed by atoms with E-state index in [1.54, 1.807) is 19.3 Å². The molecule has 2 fully saturated rings. The number of nitrogens with zero attached hydrogens (tertiary/aromatic N) is 2. The van der Waals surface area contributed by atoms with E-state index in [0.29, 0.717) is 43.4 Å². The molecule has 2 aromatic rings. The molecule has 2 aliphatic heterocycles. The van der Waals surface area contributed by atoms with Gasteiger partial charge >= 0.3 is 0 Å². The predicted molar refractivity (Wildman–Crippen MR) is 131 cm³/mol. The Bertz CT molecular complexity index is 1130. The summed E-state index contributed by atoms with van der Waals surface area (Å²) < 4.78 is 6.98. The molecule has 0 unspecified atom stereocenters. The van der Waals surface area contributed by atoms with Gasteiger partial charge in [0, 0.05) is 37.8 Å². The Morgan fingerprint density at radius 1 is 1.17 bits per heavy atom. The second kappa shape index (κ2) is 9.45. The molecule has 3 heterocycles. The molecule has 3 aliphatic rings. The molecule has 9 heteroatoms. The zero-order valence-electron chi connectivity index (χ0n) is 20.3. The molecule has 5 rings (SSSR count). The molecule has 3 amide bonds. The normalized spacial score (nSPS) is 23.9. The third kappa shape index (κ3) is 4.45. The lowest BCUT2D eigenvalue weighted by molar-refractivity contribution is -0.124. The van der Waals surface area contributed by atoms with Gasteiger partial charge in [0.05, 0.1) is 5.41 Å². The summed E-state index contributed by atoms with van der Waals surface area (Å²) in [6.45, 7) is 3.34. The summed E-state index contributed by atoms with van der Waals surface area (Å²) in [4.78, 5) is 39.3. The number of aryl methyl sites for hydroxylation is 1. The van der Waals surface area contributed by atoms with Crippen molar-refractivity contribution in [2.24, 2.45) is 18.9 Å². The van der Waals surface area contributed by atoms with Crippen molar-refractivity contribution in [3.63, 3.8) is 0 Å². The second-order valence-corrected chi connectivity index (χ2v) is 10.2. The Hall–Kier alpha value is -3.20. The largest absolute Gasteiger partial charge is 0.381 e. The van der Waals surface area contributed by atoms with Crippen LogP contribution >= 0.6 is 0 Å². The van der Waals surface area contributed by atoms with Crippen LogP contribution in [0.15, 0.2) is 30.5 Å². The van der Waals surface area contributed by atoms with Crippen LogP contribution < -0.4 is 16.0 Å². The SMILES string of the molecule is CC1CCC([C@H](NC(=O)c2ccnn2C)C(=O)Nc2ccc3c(c2)NC(=O)C32CCOCC2)CC1. The Morgan fingerprint density at radius 3 is 2.60 bits per heavy atom. The molecule has 9 nitrogen and oxygen atoms in total. The first-order valence-electron chi connectivity index (χ1n) is 12.5. The van der Waals surface area contributed by atoms with Crippen molar-refractivity contribution in [3.8, 4) is 0 Å². The fraction of sp³-hybridized carbons (Fsp3) is 0.538. The summed E-state index contributed by atoms with van der Waals surface area (Å²) in [7, 11) is 1.70. The fourth-order valence-corrected chi connectivity index (χ4v) is 5.77. The van der Waals surface area contributed by atoms with Gasteiger partial charge in [-0.2, -0.15) is 5.10 Å². The van der Waals surface area contributed by atoms with Gasteiger partial charge in [0.25, 0.3) is 5.91 Å². The number of amides is 3. The van der Waals surface area contributed by atoms with Gasteiger partial charge in [0.15, 0.2) is 0 Å². The van der Waals surface area contributed by atoms with Crippen LogP contribution in [0.1, 0.15) is 61.5 Å². The van der Waals surface area contributed by atoms with Gasteiger partial charge in [0.1, 0.15) is 11.7 Å². The lowest BCUT2D eigenvalue weighted by atomic mass is 9.75. The highest BCUT2D eigenvalue weighted by Crippen LogP contribution is 2.45. The van der Waals surface area contributed by atoms with Crippen LogP contribution in [0.25, 0.3) is 0 Å². The number of carbonyl (C=O) groups excluding carboxylic acids is 3. The van der Waals surface area contributed by atoms with Crippen LogP contribution in [0.2, 0.25) is 0 Å². The van der Waals surface area contributed by atoms with E-state index in [9.17, 15) is 14.4 Å². The lowest BCUT2D eigenvalue weighted by Gasteiger charge is -2.32. The van der Waals surface area contributed by atoms with Crippen molar-refractivity contribution in [2.45, 2.75) is 56.9 Å². The van der Waals surface area contributed by atoms with E-state index in [1.165, 1.54) is 4.68 Å². The van der Waals surface area contributed by atoms with Gasteiger partial charge in [-0.05, 0) is 61.3 Å². The molecule has 1 aromatic heterocycles. The van der Waals surface area contributed by atoms with Crippen LogP contribution in [-0.2, 0) is 26.8 Å². The molecule has 1 saturated heterocycles. The molecule has 1 spiro atoms. The lowest BCUT2D eigenvalue weighted by Crippen LogP contribution is -2.49. The fourth-order valence-electron chi connectivity index (χ4n) is 5.77. The molecule has 1 aromatic carbocycles. The summed E-state index contributed by atoms with van der Waals surface area (Å²) in [5, 5.41) is 13.0. The minimum atomic E-state index is -0.658. The standard InChI is InChI=1S/C26H33N5O4/c1-16-3-5-17(6-4-16)22(30-23(32)21-9-12-27-31(21)2)24(33)28-18-7-8-19-20(15-18)29-25(34)26(19)10-13-35-14-11-26/h7-9,12,15-17,22H,3-6,10-11,13-14H2,1-2H3,(H,28,33)(H,29,34)(H,30,32)/t16?,17?,22-/m0/s1. The number of hydrogen-bond donors (Lipinski definition) is 3. The highest BCUT2D eigenvalue weighted by atomic mass is 16.5. The first-order valence-corrected chi connectivity index (χ1v) is 12.5. The number of carbonyl (C=O) groups is 3. The van der Waals surface area contributed by atoms with Gasteiger partial charge in [0.2, 0.25) is 11.8 Å². The van der Waals surface area contributed by atoms with E-state index < -0.39 is 11.5 Å². The Balaban J connectivity index is 1.35. The molecule has 1 saturated carbocycles. The summed E-state index contributed by atoms with van der Waals surface area (Å²) in [6.07, 6.45) is 6.71. The molecule has 1 atom stereocenters. The van der Waals surface area contributed by atoms with Crippen LogP contribution in [0.5, 0.6) is 0 Å². The minimum absolute atomic E-state index is 0.00285. The Kier molecular flexibility index (Phi) is 6.35. The highest BCUT2D eigenvalue weighted by Gasteiger charge is 2.47. The van der Waals surface area contributed by atoms with Crippen molar-refractivity contribution < 1.29 is 19.1 Å². The van der Waals surface area contributed by atoms with Crippen LogP contribution in [0.4, 0.5) is 11.4 Å². The molecule has 0 bridgehead atoms. The first kappa shape index (κ1) is 23.5. The van der Waals surface area contributed by atoms with Crippen LogP contribution in [-0.4, -0.2) is 46.8 Å². The third-order valence-electron chi connectivity index (χ3n) is 7.99. The smallest absolute Gasteiger partial charge is 0.270 e. The minimum Gasteiger partial charge on any atom is -0.381 e. The number of aromatic nitrogens is 2. The first-order chi connectivity index (χ1) is 16.9. The van der Waals surface area contributed by atoms with E-state index in [4.69, 9.17) is 4.74 Å². The maximum atomic E-state index is 13.5. The average molecular weight is 480 g/mol. The predicted octanol–water partition coefficient (Wildman–Crippen LogP) is 2.98. The maximum Gasteiger partial charge on any atom is 0.270 e. The number of ether oxygens (including phenoxy) is 1. The van der Waals surface area contributed by atoms with E-state index in [2.05, 4.69) is 28.0 Å². The number of rotatable bonds is 5. The summed E-state index contributed by atoms with van der Waals surface area (Å²) >= 11 is 0. The molecule has 3 N–H and O–H groups in total. The Labute approximate surface area is 205 Å². The highest BCUT2D eigenvalue weighted by molar-refractivity contribution is 6.07. The number of fused-ring (bicyclic) bond motifs is 2. The quantitative estimate of drug-likeness (QED) is 0.610. The number of benzene rings is 1. The monoisotopic (exact) mass is 479 g/mol. The van der Waals surface area contributed by atoms with E-state index in [1.807, 2.05) is 18.2 Å². The third-order valence-corrected chi connectivity index (χ3v) is 7.99. The molecular weight excluding hydrogens is 446 g/mol. The molecular formula is C26H33N5O4. The number of nitrogens with one attached hydrogen (secondary N) is 3. The summed E-state index contributed by atoms with van der Waals surface area (Å²) in [5.41, 5.74) is 2.16. The average Bonchev–Trinajstić information content (AvgIpc) is 3.39. The number of anilines is 2. The van der Waals surface area contributed by atoms with Gasteiger partial charge in [-0.3, -0.25) is 19.1 Å². The number of hydrogen-bond acceptors (Lipinski definition) is 5. The maximum absolute atomic E-state index is 13.5. The van der Waals surface area contributed by atoms with E-state index >= 15 is 0 Å². The van der Waals surface area contributed by atoms with E-state index in [0.717, 1.165) is 36.9 Å². The Morgan fingerprint density at radius 2 is 1.91 bits per heavy atom. The zero-order valence-corrected chi connectivity index (χ0v) is 20.3. The second-order valence-electron chi connectivity index (χ2n) is 10.2. The van der Waals surface area contributed by atoms with Crippen LogP contribution in [0.3, 0.4) is 0 Å². The van der Waals surface area contributed by atoms with Gasteiger partial charge in [-0.1, -0.05) is 25.8 Å². The molecule has 0 radical (unpaired) electrons. The molecule has 35 heavy (non-hydrogen) atoms. The molecule has 1 aliphatic carbocycles. The van der Waals surface area contributed by atoms with Crippen LogP contribution in [0, 0.1) is 11.8 Å². The van der Waals surface area contributed by atoms with Crippen molar-refractivity contribution in [2.75, 3.05) is 23.8 Å². The van der Waals surface area contributed by atoms with Crippen molar-refractivity contribution in [3.05, 3.63) is 41.7 Å². The van der Waals surface area contributed by atoms with Crippen molar-refractivity contribution in [1.29, 1.82) is 0 Å². The summed E-state index contributed by atoms with van der Waals surface area (Å²) in [5.74, 6) is 0.122. The van der Waals surface area contributed by atoms with Gasteiger partial charge in [-0.25, -0.2) is 0 Å². The summed E-state index contributed by atoms with van der Waals surface area (Å²) in [6, 6.07) is 6.58. The topological polar surface area (TPSA) is 114 Å². The van der Waals surface area contributed by atoms with E-state index in [-0.39, 0.29) is 23.6 Å². The van der Waals surface area contributed by atoms with Gasteiger partial charge < -0.3 is 20.7 Å².